The van der Waals surface area contributed by atoms with Crippen LogP contribution in [0.4, 0.5) is 0 Å². The number of carbonyl (C=O) groups is 4. The average molecular weight is 338 g/mol. The Hall–Kier alpha value is -2.97. The largest absolute Gasteiger partial charge is 0.469 e. The molecule has 0 saturated heterocycles. The van der Waals surface area contributed by atoms with Crippen LogP contribution >= 0.6 is 0 Å². The van der Waals surface area contributed by atoms with Gasteiger partial charge in [0.05, 0.1) is 33.7 Å². The second kappa shape index (κ2) is 9.23. The van der Waals surface area contributed by atoms with E-state index in [1.807, 2.05) is 0 Å². The molecule has 9 heteroatoms. The van der Waals surface area contributed by atoms with Crippen molar-refractivity contribution < 1.29 is 33.4 Å². The van der Waals surface area contributed by atoms with Crippen molar-refractivity contribution in [2.45, 2.75) is 12.5 Å². The smallest absolute Gasteiger partial charge is 0.329 e. The second-order valence-corrected chi connectivity index (χ2v) is 4.62. The Bertz CT molecular complexity index is 603. The number of carbonyl (C=O) groups excluding carboxylic acids is 4. The third kappa shape index (κ3) is 5.04. The van der Waals surface area contributed by atoms with Gasteiger partial charge in [-0.3, -0.25) is 19.4 Å². The molecule has 1 amide bonds. The van der Waals surface area contributed by atoms with Crippen LogP contribution < -0.4 is 5.32 Å². The van der Waals surface area contributed by atoms with Gasteiger partial charge in [-0.25, -0.2) is 4.79 Å². The van der Waals surface area contributed by atoms with E-state index in [1.165, 1.54) is 24.5 Å². The molecule has 1 aromatic heterocycles. The van der Waals surface area contributed by atoms with Gasteiger partial charge in [-0.05, 0) is 12.1 Å². The van der Waals surface area contributed by atoms with Gasteiger partial charge in [0.1, 0.15) is 6.04 Å². The minimum Gasteiger partial charge on any atom is -0.469 e. The van der Waals surface area contributed by atoms with E-state index in [9.17, 15) is 19.2 Å². The van der Waals surface area contributed by atoms with Crippen molar-refractivity contribution in [3.8, 4) is 0 Å². The number of aromatic nitrogens is 1. The summed E-state index contributed by atoms with van der Waals surface area (Å²) in [4.78, 5) is 51.5. The zero-order valence-electron chi connectivity index (χ0n) is 13.5. The molecule has 0 spiro atoms. The fraction of sp³-hybridized carbons (Fsp3) is 0.400. The molecule has 1 heterocycles. The number of nitrogens with one attached hydrogen (secondary N) is 1. The van der Waals surface area contributed by atoms with E-state index in [2.05, 4.69) is 24.5 Å². The predicted octanol–water partition coefficient (Wildman–Crippen LogP) is -0.295. The van der Waals surface area contributed by atoms with E-state index in [0.29, 0.717) is 0 Å². The van der Waals surface area contributed by atoms with E-state index >= 15 is 0 Å². The molecule has 0 unspecified atom stereocenters. The molecule has 24 heavy (non-hydrogen) atoms. The molecule has 2 atom stereocenters. The average Bonchev–Trinajstić information content (AvgIpc) is 2.63. The van der Waals surface area contributed by atoms with Crippen molar-refractivity contribution in [2.24, 2.45) is 5.92 Å². The van der Waals surface area contributed by atoms with Crippen molar-refractivity contribution in [2.75, 3.05) is 21.3 Å². The molecule has 130 valence electrons. The van der Waals surface area contributed by atoms with Gasteiger partial charge in [-0.15, -0.1) is 0 Å². The molecule has 0 fully saturated rings. The lowest BCUT2D eigenvalue weighted by atomic mass is 9.95. The Balaban J connectivity index is 3.07. The molecule has 0 aliphatic carbocycles. The van der Waals surface area contributed by atoms with Gasteiger partial charge in [-0.1, -0.05) is 0 Å². The van der Waals surface area contributed by atoms with Crippen LogP contribution in [-0.2, 0) is 28.6 Å². The first-order valence-electron chi connectivity index (χ1n) is 6.88. The number of amides is 1. The first-order valence-corrected chi connectivity index (χ1v) is 6.88. The highest BCUT2D eigenvalue weighted by Gasteiger charge is 2.38. The molecule has 0 aliphatic heterocycles. The molecule has 1 aromatic rings. The number of ether oxygens (including phenoxy) is 3. The van der Waals surface area contributed by atoms with Crippen LogP contribution in [0.1, 0.15) is 16.8 Å². The lowest BCUT2D eigenvalue weighted by molar-refractivity contribution is -0.158. The third-order valence-electron chi connectivity index (χ3n) is 3.20. The summed E-state index contributed by atoms with van der Waals surface area (Å²) in [5.74, 6) is -4.41. The quantitative estimate of drug-likeness (QED) is 0.531. The van der Waals surface area contributed by atoms with Crippen molar-refractivity contribution in [3.63, 3.8) is 0 Å². The Morgan fingerprint density at radius 3 is 2.08 bits per heavy atom. The zero-order chi connectivity index (χ0) is 18.1. The molecular formula is C15H18N2O7. The number of hydrogen-bond donors (Lipinski definition) is 1. The van der Waals surface area contributed by atoms with Crippen LogP contribution in [0.5, 0.6) is 0 Å². The summed E-state index contributed by atoms with van der Waals surface area (Å²) in [5.41, 5.74) is 0.223. The normalized spacial score (nSPS) is 12.5. The van der Waals surface area contributed by atoms with Gasteiger partial charge in [0.15, 0.2) is 0 Å². The number of rotatable bonds is 7. The SMILES string of the molecule is COC(=O)C[C@@H](C(=O)OC)[C@@H](NC(=O)c1ccncc1)C(=O)OC. The Morgan fingerprint density at radius 1 is 1.00 bits per heavy atom. The van der Waals surface area contributed by atoms with Gasteiger partial charge in [0.2, 0.25) is 0 Å². The Kier molecular flexibility index (Phi) is 7.34. The summed E-state index contributed by atoms with van der Waals surface area (Å²) in [6, 6.07) is 1.44. The number of nitrogens with zero attached hydrogens (tertiary/aromatic N) is 1. The maximum atomic E-state index is 12.2. The van der Waals surface area contributed by atoms with Crippen LogP contribution in [0, 0.1) is 5.92 Å². The molecule has 0 aromatic carbocycles. The summed E-state index contributed by atoms with van der Waals surface area (Å²) in [6.07, 6.45) is 2.34. The number of esters is 3. The van der Waals surface area contributed by atoms with E-state index in [4.69, 9.17) is 0 Å². The van der Waals surface area contributed by atoms with Crippen LogP contribution in [0.2, 0.25) is 0 Å². The van der Waals surface area contributed by atoms with Gasteiger partial charge in [-0.2, -0.15) is 0 Å². The summed E-state index contributed by atoms with van der Waals surface area (Å²) >= 11 is 0. The fourth-order valence-electron chi connectivity index (χ4n) is 1.93. The van der Waals surface area contributed by atoms with Crippen molar-refractivity contribution in [3.05, 3.63) is 30.1 Å². The van der Waals surface area contributed by atoms with E-state index in [0.717, 1.165) is 21.3 Å². The lowest BCUT2D eigenvalue weighted by Gasteiger charge is -2.23. The van der Waals surface area contributed by atoms with Crippen LogP contribution in [-0.4, -0.2) is 56.2 Å². The van der Waals surface area contributed by atoms with Crippen molar-refractivity contribution in [1.82, 2.24) is 10.3 Å². The predicted molar refractivity (Wildman–Crippen MR) is 79.6 cm³/mol. The minimum absolute atomic E-state index is 0.223. The third-order valence-corrected chi connectivity index (χ3v) is 3.20. The summed E-state index contributed by atoms with van der Waals surface area (Å²) < 4.78 is 13.7. The maximum Gasteiger partial charge on any atom is 0.329 e. The Labute approximate surface area is 138 Å². The maximum absolute atomic E-state index is 12.2. The fourth-order valence-corrected chi connectivity index (χ4v) is 1.93. The second-order valence-electron chi connectivity index (χ2n) is 4.62. The molecule has 0 saturated carbocycles. The van der Waals surface area contributed by atoms with Gasteiger partial charge >= 0.3 is 17.9 Å². The van der Waals surface area contributed by atoms with Gasteiger partial charge < -0.3 is 19.5 Å². The number of hydrogen-bond acceptors (Lipinski definition) is 8. The molecular weight excluding hydrogens is 320 g/mol. The zero-order valence-corrected chi connectivity index (χ0v) is 13.5. The van der Waals surface area contributed by atoms with E-state index in [-0.39, 0.29) is 5.56 Å². The highest BCUT2D eigenvalue weighted by atomic mass is 16.5. The standard InChI is InChI=1S/C15H18N2O7/c1-22-11(18)8-10(14(20)23-2)12(15(21)24-3)17-13(19)9-4-6-16-7-5-9/h4-7,10,12H,8H2,1-3H3,(H,17,19)/t10-,12-/m1/s1. The van der Waals surface area contributed by atoms with Gasteiger partial charge in [0.25, 0.3) is 5.91 Å². The minimum atomic E-state index is -1.41. The van der Waals surface area contributed by atoms with Crippen LogP contribution in [0.25, 0.3) is 0 Å². The summed E-state index contributed by atoms with van der Waals surface area (Å²) in [7, 11) is 3.34. The topological polar surface area (TPSA) is 121 Å². The summed E-state index contributed by atoms with van der Waals surface area (Å²) in [6.45, 7) is 0. The first kappa shape index (κ1) is 19.1. The lowest BCUT2D eigenvalue weighted by Crippen LogP contribution is -2.50. The summed E-state index contributed by atoms with van der Waals surface area (Å²) in [5, 5.41) is 2.38. The molecule has 9 nitrogen and oxygen atoms in total. The monoisotopic (exact) mass is 338 g/mol. The van der Waals surface area contributed by atoms with Gasteiger partial charge in [0, 0.05) is 18.0 Å². The van der Waals surface area contributed by atoms with Crippen LogP contribution in [0.15, 0.2) is 24.5 Å². The Morgan fingerprint density at radius 2 is 1.58 bits per heavy atom. The molecule has 1 rings (SSSR count). The first-order chi connectivity index (χ1) is 11.4. The number of methoxy groups -OCH3 is 3. The molecule has 0 aliphatic rings. The highest BCUT2D eigenvalue weighted by molar-refractivity contribution is 5.98. The highest BCUT2D eigenvalue weighted by Crippen LogP contribution is 2.15. The van der Waals surface area contributed by atoms with Crippen molar-refractivity contribution in [1.29, 1.82) is 0 Å². The van der Waals surface area contributed by atoms with E-state index < -0.39 is 42.2 Å². The van der Waals surface area contributed by atoms with Crippen LogP contribution in [0.3, 0.4) is 0 Å². The van der Waals surface area contributed by atoms with Crippen molar-refractivity contribution >= 4 is 23.8 Å². The molecule has 0 bridgehead atoms. The van der Waals surface area contributed by atoms with E-state index in [1.54, 1.807) is 0 Å². The molecule has 0 radical (unpaired) electrons. The number of pyridine rings is 1. The molecule has 1 N–H and O–H groups in total.